The van der Waals surface area contributed by atoms with E-state index in [2.05, 4.69) is 22.8 Å². The van der Waals surface area contributed by atoms with Crippen molar-refractivity contribution in [3.63, 3.8) is 0 Å². The van der Waals surface area contributed by atoms with Crippen molar-refractivity contribution >= 4 is 34.7 Å². The van der Waals surface area contributed by atoms with Crippen LogP contribution < -0.4 is 10.7 Å². The number of rotatable bonds is 10. The molecule has 3 aliphatic rings. The van der Waals surface area contributed by atoms with Crippen LogP contribution in [0.2, 0.25) is 0 Å². The number of unbranched alkanes of at least 4 members (excludes halogenated alkanes) is 1. The third-order valence-corrected chi connectivity index (χ3v) is 6.73. The van der Waals surface area contributed by atoms with Gasteiger partial charge in [0.25, 0.3) is 0 Å². The lowest BCUT2D eigenvalue weighted by Gasteiger charge is -2.49. The van der Waals surface area contributed by atoms with E-state index in [0.29, 0.717) is 29.5 Å². The number of para-hydroxylation sites is 1. The Morgan fingerprint density at radius 1 is 1.17 bits per heavy atom. The Balaban J connectivity index is 1.52. The van der Waals surface area contributed by atoms with Crippen molar-refractivity contribution in [2.45, 2.75) is 51.9 Å². The first kappa shape index (κ1) is 22.7. The third-order valence-electron chi connectivity index (χ3n) is 6.54. The summed E-state index contributed by atoms with van der Waals surface area (Å²) in [7, 11) is 0. The van der Waals surface area contributed by atoms with Gasteiger partial charge in [0.1, 0.15) is 6.61 Å². The summed E-state index contributed by atoms with van der Waals surface area (Å²) in [5, 5.41) is 17.0. The van der Waals surface area contributed by atoms with Crippen molar-refractivity contribution in [1.29, 1.82) is 0 Å². The molecule has 2 bridgehead atoms. The molecule has 0 amide bonds. The van der Waals surface area contributed by atoms with Crippen molar-refractivity contribution in [2.24, 2.45) is 28.8 Å². The Morgan fingerprint density at radius 2 is 1.87 bits per heavy atom. The molecule has 3 N–H and O–H groups in total. The average Bonchev–Trinajstić information content (AvgIpc) is 2.75. The number of thiocarbonyl (C=S) groups is 1. The lowest BCUT2D eigenvalue weighted by molar-refractivity contribution is -0.142. The van der Waals surface area contributed by atoms with Gasteiger partial charge >= 0.3 is 5.97 Å². The zero-order valence-corrected chi connectivity index (χ0v) is 18.5. The molecule has 0 aromatic heterocycles. The maximum absolute atomic E-state index is 10.5. The molecular weight excluding hydrogens is 398 g/mol. The smallest absolute Gasteiger partial charge is 0.329 e. The minimum Gasteiger partial charge on any atom is -0.480 e. The summed E-state index contributed by atoms with van der Waals surface area (Å²) in [4.78, 5) is 10.5. The van der Waals surface area contributed by atoms with Crippen molar-refractivity contribution in [3.8, 4) is 0 Å². The van der Waals surface area contributed by atoms with E-state index in [0.717, 1.165) is 36.6 Å². The van der Waals surface area contributed by atoms with Crippen molar-refractivity contribution in [2.75, 3.05) is 18.5 Å². The number of carbonyl (C=O) groups is 1. The molecule has 6 nitrogen and oxygen atoms in total. The molecule has 30 heavy (non-hydrogen) atoms. The van der Waals surface area contributed by atoms with Gasteiger partial charge < -0.3 is 15.2 Å². The fourth-order valence-corrected chi connectivity index (χ4v) is 5.44. The van der Waals surface area contributed by atoms with E-state index in [1.165, 1.54) is 25.7 Å². The number of hydrazone groups is 1. The van der Waals surface area contributed by atoms with Gasteiger partial charge in [0, 0.05) is 23.9 Å². The number of hydrogen-bond donors (Lipinski definition) is 3. The maximum atomic E-state index is 10.5. The van der Waals surface area contributed by atoms with Gasteiger partial charge in [0.15, 0.2) is 5.11 Å². The zero-order chi connectivity index (χ0) is 21.3. The van der Waals surface area contributed by atoms with Crippen LogP contribution >= 0.6 is 12.2 Å². The normalized spacial score (nSPS) is 25.7. The molecule has 0 spiro atoms. The van der Waals surface area contributed by atoms with Gasteiger partial charge in [-0.1, -0.05) is 24.6 Å². The Bertz CT molecular complexity index is 732. The molecule has 1 aromatic carbocycles. The highest BCUT2D eigenvalue weighted by atomic mass is 32.1. The quantitative estimate of drug-likeness (QED) is 0.216. The SMILES string of the molecule is CC(=NNC(=S)Nc1ccccc1)[C@H]1C2CCC(CC2)[C@@H]1CCCCOCC(=O)O. The number of anilines is 1. The van der Waals surface area contributed by atoms with Crippen LogP contribution in [-0.2, 0) is 9.53 Å². The van der Waals surface area contributed by atoms with Crippen LogP contribution in [0.1, 0.15) is 51.9 Å². The molecule has 0 unspecified atom stereocenters. The molecule has 0 radical (unpaired) electrons. The van der Waals surface area contributed by atoms with Crippen molar-refractivity contribution < 1.29 is 14.6 Å². The number of ether oxygens (including phenoxy) is 1. The van der Waals surface area contributed by atoms with E-state index in [4.69, 9.17) is 22.1 Å². The number of nitrogens with zero attached hydrogens (tertiary/aromatic N) is 1. The molecule has 0 aliphatic heterocycles. The highest BCUT2D eigenvalue weighted by molar-refractivity contribution is 7.80. The van der Waals surface area contributed by atoms with Crippen LogP contribution in [-0.4, -0.2) is 35.1 Å². The van der Waals surface area contributed by atoms with E-state index in [1.807, 2.05) is 30.3 Å². The molecule has 4 rings (SSSR count). The molecule has 2 atom stereocenters. The standard InChI is InChI=1S/C23H33N3O3S/c1-16(25-26-23(30)24-19-7-3-2-4-8-19)22-18-12-10-17(11-13-18)20(22)9-5-6-14-29-15-21(27)28/h2-4,7-8,17-18,20,22H,5-6,9-15H2,1H3,(H,27,28)(H2,24,26,30)/t17?,18?,20-,22-/m0/s1. The first-order chi connectivity index (χ1) is 14.5. The fourth-order valence-electron chi connectivity index (χ4n) is 5.28. The van der Waals surface area contributed by atoms with Gasteiger partial charge in [-0.2, -0.15) is 5.10 Å². The predicted molar refractivity (Wildman–Crippen MR) is 124 cm³/mol. The summed E-state index contributed by atoms with van der Waals surface area (Å²) in [6.45, 7) is 2.45. The molecule has 3 aliphatic carbocycles. The molecule has 3 fully saturated rings. The average molecular weight is 432 g/mol. The summed E-state index contributed by atoms with van der Waals surface area (Å²) in [5.41, 5.74) is 5.13. The highest BCUT2D eigenvalue weighted by Crippen LogP contribution is 2.51. The second-order valence-corrected chi connectivity index (χ2v) is 8.90. The molecule has 3 saturated carbocycles. The first-order valence-electron chi connectivity index (χ1n) is 11.0. The summed E-state index contributed by atoms with van der Waals surface area (Å²) in [6.07, 6.45) is 8.39. The topological polar surface area (TPSA) is 83.0 Å². The number of fused-ring (bicyclic) bond motifs is 3. The van der Waals surface area contributed by atoms with Crippen LogP contribution in [0.3, 0.4) is 0 Å². The first-order valence-corrected chi connectivity index (χ1v) is 11.4. The highest BCUT2D eigenvalue weighted by Gasteiger charge is 2.44. The predicted octanol–water partition coefficient (Wildman–Crippen LogP) is 4.67. The summed E-state index contributed by atoms with van der Waals surface area (Å²) in [6, 6.07) is 9.85. The molecule has 0 saturated heterocycles. The molecular formula is C23H33N3O3S. The summed E-state index contributed by atoms with van der Waals surface area (Å²) in [5.74, 6) is 1.74. The Hall–Kier alpha value is -1.99. The van der Waals surface area contributed by atoms with Crippen LogP contribution in [0.4, 0.5) is 5.69 Å². The van der Waals surface area contributed by atoms with E-state index in [-0.39, 0.29) is 6.61 Å². The van der Waals surface area contributed by atoms with Crippen LogP contribution in [0.5, 0.6) is 0 Å². The number of benzene rings is 1. The van der Waals surface area contributed by atoms with E-state index in [9.17, 15) is 4.79 Å². The number of carboxylic acids is 1. The van der Waals surface area contributed by atoms with Gasteiger partial charge in [-0.3, -0.25) is 5.43 Å². The third kappa shape index (κ3) is 6.51. The van der Waals surface area contributed by atoms with Crippen molar-refractivity contribution in [1.82, 2.24) is 5.43 Å². The van der Waals surface area contributed by atoms with Crippen LogP contribution in [0.25, 0.3) is 0 Å². The largest absolute Gasteiger partial charge is 0.480 e. The maximum Gasteiger partial charge on any atom is 0.329 e. The number of hydrogen-bond acceptors (Lipinski definition) is 4. The fraction of sp³-hybridized carbons (Fsp3) is 0.609. The second-order valence-electron chi connectivity index (χ2n) is 8.49. The summed E-state index contributed by atoms with van der Waals surface area (Å²) < 4.78 is 5.18. The Labute approximate surface area is 184 Å². The molecule has 164 valence electrons. The molecule has 7 heteroatoms. The van der Waals surface area contributed by atoms with Gasteiger partial charge in [0.05, 0.1) is 0 Å². The van der Waals surface area contributed by atoms with E-state index >= 15 is 0 Å². The van der Waals surface area contributed by atoms with Gasteiger partial charge in [-0.25, -0.2) is 4.79 Å². The lowest BCUT2D eigenvalue weighted by atomic mass is 9.56. The minimum absolute atomic E-state index is 0.203. The molecule has 1 aromatic rings. The summed E-state index contributed by atoms with van der Waals surface area (Å²) >= 11 is 5.40. The Morgan fingerprint density at radius 3 is 2.57 bits per heavy atom. The Kier molecular flexibility index (Phi) is 8.63. The molecule has 0 heterocycles. The second kappa shape index (κ2) is 11.4. The van der Waals surface area contributed by atoms with E-state index in [1.54, 1.807) is 0 Å². The van der Waals surface area contributed by atoms with Crippen molar-refractivity contribution in [3.05, 3.63) is 30.3 Å². The van der Waals surface area contributed by atoms with Crippen LogP contribution in [0, 0.1) is 23.7 Å². The number of nitrogens with one attached hydrogen (secondary N) is 2. The zero-order valence-electron chi connectivity index (χ0n) is 17.7. The van der Waals surface area contributed by atoms with Gasteiger partial charge in [-0.15, -0.1) is 0 Å². The van der Waals surface area contributed by atoms with Gasteiger partial charge in [0.2, 0.25) is 0 Å². The number of aliphatic carboxylic acids is 1. The van der Waals surface area contributed by atoms with E-state index < -0.39 is 5.97 Å². The van der Waals surface area contributed by atoms with Gasteiger partial charge in [-0.05, 0) is 87.6 Å². The van der Waals surface area contributed by atoms with Crippen LogP contribution in [0.15, 0.2) is 35.4 Å². The minimum atomic E-state index is -0.904. The number of carboxylic acid groups (broad SMARTS) is 1. The lowest BCUT2D eigenvalue weighted by Crippen LogP contribution is -2.44. The monoisotopic (exact) mass is 431 g/mol.